The van der Waals surface area contributed by atoms with Crippen LogP contribution in [0.2, 0.25) is 0 Å². The van der Waals surface area contributed by atoms with Gasteiger partial charge in [-0.3, -0.25) is 14.1 Å². The van der Waals surface area contributed by atoms with Crippen molar-refractivity contribution < 1.29 is 27.0 Å². The molecule has 0 aliphatic carbocycles. The molecular weight excluding hydrogens is 264 g/mol. The third-order valence-corrected chi connectivity index (χ3v) is 3.31. The first-order valence-electron chi connectivity index (χ1n) is 4.98. The van der Waals surface area contributed by atoms with E-state index in [1.165, 1.54) is 6.26 Å². The van der Waals surface area contributed by atoms with Crippen molar-refractivity contribution in [1.82, 2.24) is 9.62 Å². The Balaban J connectivity index is 1.86. The number of furan rings is 1. The highest BCUT2D eigenvalue weighted by Crippen LogP contribution is 2.14. The summed E-state index contributed by atoms with van der Waals surface area (Å²) in [6.45, 7) is -0.262. The predicted octanol–water partition coefficient (Wildman–Crippen LogP) is -1.05. The van der Waals surface area contributed by atoms with E-state index >= 15 is 0 Å². The maximum Gasteiger partial charge on any atom is 0.362 e. The van der Waals surface area contributed by atoms with Gasteiger partial charge in [-0.1, -0.05) is 0 Å². The molecule has 0 aromatic carbocycles. The fourth-order valence-corrected chi connectivity index (χ4v) is 2.22. The number of carbonyl (C=O) groups excluding carboxylic acids is 2. The minimum atomic E-state index is -4.52. The van der Waals surface area contributed by atoms with Crippen LogP contribution in [-0.4, -0.2) is 41.7 Å². The number of carbonyl (C=O) groups is 2. The second-order valence-corrected chi connectivity index (χ2v) is 5.06. The van der Waals surface area contributed by atoms with Gasteiger partial charge < -0.3 is 9.73 Å². The molecule has 0 saturated carbocycles. The molecule has 2 amide bonds. The van der Waals surface area contributed by atoms with Gasteiger partial charge in [0.25, 0.3) is 5.91 Å². The van der Waals surface area contributed by atoms with Crippen molar-refractivity contribution in [1.29, 1.82) is 0 Å². The van der Waals surface area contributed by atoms with Crippen molar-refractivity contribution in [2.45, 2.75) is 12.5 Å². The first-order chi connectivity index (χ1) is 8.38. The summed E-state index contributed by atoms with van der Waals surface area (Å²) in [6, 6.07) is 2.30. The lowest BCUT2D eigenvalue weighted by molar-refractivity contribution is -0.140. The van der Waals surface area contributed by atoms with Gasteiger partial charge in [0, 0.05) is 0 Å². The normalized spacial score (nSPS) is 19.5. The Labute approximate surface area is 102 Å². The summed E-state index contributed by atoms with van der Waals surface area (Å²) in [5.74, 6) is -0.880. The smallest absolute Gasteiger partial charge is 0.362 e. The average Bonchev–Trinajstić information content (AvgIpc) is 2.74. The van der Waals surface area contributed by atoms with Crippen LogP contribution < -0.4 is 5.32 Å². The van der Waals surface area contributed by atoms with Gasteiger partial charge in [-0.25, -0.2) is 4.31 Å². The minimum absolute atomic E-state index is 0.0390. The van der Waals surface area contributed by atoms with E-state index in [2.05, 4.69) is 5.32 Å². The zero-order valence-corrected chi connectivity index (χ0v) is 9.88. The number of hydrogen-bond acceptors (Lipinski definition) is 5. The van der Waals surface area contributed by atoms with Gasteiger partial charge in [0.05, 0.1) is 19.2 Å². The van der Waals surface area contributed by atoms with Crippen molar-refractivity contribution in [3.05, 3.63) is 24.2 Å². The quantitative estimate of drug-likeness (QED) is 0.534. The Hall–Kier alpha value is -1.87. The lowest BCUT2D eigenvalue weighted by atomic mass is 10.1. The summed E-state index contributed by atoms with van der Waals surface area (Å²) in [5, 5.41) is 2.34. The van der Waals surface area contributed by atoms with Gasteiger partial charge in [0.2, 0.25) is 5.91 Å². The van der Waals surface area contributed by atoms with E-state index in [9.17, 15) is 18.0 Å². The summed E-state index contributed by atoms with van der Waals surface area (Å²) in [7, 11) is -4.52. The zero-order chi connectivity index (χ0) is 13.3. The maximum atomic E-state index is 11.5. The molecule has 0 spiro atoms. The predicted molar refractivity (Wildman–Crippen MR) is 57.6 cm³/mol. The number of rotatable bonds is 4. The highest BCUT2D eigenvalue weighted by Gasteiger charge is 2.44. The van der Waals surface area contributed by atoms with E-state index in [-0.39, 0.29) is 17.3 Å². The first-order valence-corrected chi connectivity index (χ1v) is 6.38. The van der Waals surface area contributed by atoms with Crippen LogP contribution in [-0.2, 0) is 26.3 Å². The Bertz CT molecular complexity index is 564. The highest BCUT2D eigenvalue weighted by molar-refractivity contribution is 7.84. The molecule has 1 unspecified atom stereocenters. The summed E-state index contributed by atoms with van der Waals surface area (Å²) in [4.78, 5) is 22.8. The number of amides is 2. The minimum Gasteiger partial charge on any atom is -0.469 e. The van der Waals surface area contributed by atoms with Crippen LogP contribution in [0.15, 0.2) is 22.8 Å². The van der Waals surface area contributed by atoms with E-state index < -0.39 is 28.2 Å². The van der Waals surface area contributed by atoms with E-state index in [0.717, 1.165) is 0 Å². The fraction of sp³-hybridized carbons (Fsp3) is 0.333. The number of nitrogens with zero attached hydrogens (tertiary/aromatic N) is 1. The van der Waals surface area contributed by atoms with Gasteiger partial charge in [-0.05, 0) is 12.1 Å². The monoisotopic (exact) mass is 274 g/mol. The molecule has 1 atom stereocenters. The number of nitrogens with one attached hydrogen (secondary N) is 1. The van der Waals surface area contributed by atoms with Gasteiger partial charge >= 0.3 is 10.3 Å². The highest BCUT2D eigenvalue weighted by atomic mass is 32.2. The molecule has 98 valence electrons. The van der Waals surface area contributed by atoms with Crippen LogP contribution in [0, 0.1) is 0 Å². The SMILES string of the molecule is O=C(Cc1ccco1)NC1CN(S(=O)(=O)O)C1=O. The number of β-lactam (4-membered cyclic amide) rings is 1. The van der Waals surface area contributed by atoms with Crippen LogP contribution in [0.5, 0.6) is 0 Å². The van der Waals surface area contributed by atoms with Crippen molar-refractivity contribution in [2.24, 2.45) is 0 Å². The third-order valence-electron chi connectivity index (χ3n) is 2.42. The topological polar surface area (TPSA) is 117 Å². The van der Waals surface area contributed by atoms with Gasteiger partial charge in [0.15, 0.2) is 0 Å². The Morgan fingerprint density at radius 3 is 2.83 bits per heavy atom. The van der Waals surface area contributed by atoms with Crippen LogP contribution >= 0.6 is 0 Å². The second kappa shape index (κ2) is 4.42. The largest absolute Gasteiger partial charge is 0.469 e. The van der Waals surface area contributed by atoms with Crippen molar-refractivity contribution >= 4 is 22.1 Å². The summed E-state index contributed by atoms with van der Waals surface area (Å²) < 4.78 is 35.1. The number of hydrogen-bond donors (Lipinski definition) is 2. The van der Waals surface area contributed by atoms with Crippen LogP contribution in [0.3, 0.4) is 0 Å². The Kier molecular flexibility index (Phi) is 3.09. The van der Waals surface area contributed by atoms with E-state index in [1.807, 2.05) is 0 Å². The molecule has 2 heterocycles. The van der Waals surface area contributed by atoms with Crippen LogP contribution in [0.25, 0.3) is 0 Å². The van der Waals surface area contributed by atoms with Crippen LogP contribution in [0.4, 0.5) is 0 Å². The molecule has 8 nitrogen and oxygen atoms in total. The lowest BCUT2D eigenvalue weighted by Gasteiger charge is -2.35. The zero-order valence-electron chi connectivity index (χ0n) is 9.07. The molecule has 18 heavy (non-hydrogen) atoms. The first kappa shape index (κ1) is 12.6. The molecule has 1 saturated heterocycles. The summed E-state index contributed by atoms with van der Waals surface area (Å²) >= 11 is 0. The van der Waals surface area contributed by atoms with Crippen molar-refractivity contribution in [3.8, 4) is 0 Å². The summed E-state index contributed by atoms with van der Waals surface area (Å²) in [5.41, 5.74) is 0. The molecule has 2 N–H and O–H groups in total. The third kappa shape index (κ3) is 2.51. The van der Waals surface area contributed by atoms with E-state index in [1.54, 1.807) is 12.1 Å². The molecule has 1 fully saturated rings. The maximum absolute atomic E-state index is 11.5. The van der Waals surface area contributed by atoms with Crippen molar-refractivity contribution in [2.75, 3.05) is 6.54 Å². The van der Waals surface area contributed by atoms with E-state index in [4.69, 9.17) is 8.97 Å². The second-order valence-electron chi connectivity index (χ2n) is 3.72. The van der Waals surface area contributed by atoms with Crippen molar-refractivity contribution in [3.63, 3.8) is 0 Å². The molecular formula is C9H10N2O6S. The molecule has 1 aromatic heterocycles. The molecule has 0 radical (unpaired) electrons. The molecule has 2 rings (SSSR count). The molecule has 0 bridgehead atoms. The molecule has 9 heteroatoms. The lowest BCUT2D eigenvalue weighted by Crippen LogP contribution is -2.65. The molecule has 1 aromatic rings. The summed E-state index contributed by atoms with van der Waals surface area (Å²) in [6.07, 6.45) is 1.37. The average molecular weight is 274 g/mol. The Morgan fingerprint density at radius 2 is 2.33 bits per heavy atom. The van der Waals surface area contributed by atoms with Gasteiger partial charge in [-0.15, -0.1) is 0 Å². The standard InChI is InChI=1S/C9H10N2O6S/c12-8(4-6-2-1-3-17-6)10-7-5-11(9(7)13)18(14,15)16/h1-3,7H,4-5H2,(H,10,12)(H,14,15,16). The van der Waals surface area contributed by atoms with Gasteiger partial charge in [-0.2, -0.15) is 8.42 Å². The van der Waals surface area contributed by atoms with Crippen LogP contribution in [0.1, 0.15) is 5.76 Å². The molecule has 1 aliphatic rings. The van der Waals surface area contributed by atoms with Gasteiger partial charge in [0.1, 0.15) is 11.8 Å². The fourth-order valence-electron chi connectivity index (χ4n) is 1.53. The molecule has 1 aliphatic heterocycles. The van der Waals surface area contributed by atoms with E-state index in [0.29, 0.717) is 5.76 Å². The Morgan fingerprint density at radius 1 is 1.61 bits per heavy atom.